The minimum Gasteiger partial charge on any atom is -0.0811 e. The van der Waals surface area contributed by atoms with E-state index in [-0.39, 0.29) is 0 Å². The average Bonchev–Trinajstić information content (AvgIpc) is 2.28. The zero-order valence-electron chi connectivity index (χ0n) is 10.1. The minimum absolute atomic E-state index is 0.389. The van der Waals surface area contributed by atoms with E-state index in [1.165, 1.54) is 12.8 Å². The first-order valence-electron chi connectivity index (χ1n) is 5.42. The highest BCUT2D eigenvalue weighted by Crippen LogP contribution is 2.43. The molecule has 0 nitrogen and oxygen atoms in total. The van der Waals surface area contributed by atoms with Crippen molar-refractivity contribution in [2.75, 3.05) is 0 Å². The molecule has 0 radical (unpaired) electrons. The standard InChI is InChI=1S/C13H24/c1-12(2,3)10-7-8-11(9-10)13(4,5)6/h9-10H,7-8H2,1-6H3. The van der Waals surface area contributed by atoms with E-state index in [1.54, 1.807) is 5.57 Å². The highest BCUT2D eigenvalue weighted by Gasteiger charge is 2.30. The Bertz CT molecular complexity index is 207. The van der Waals surface area contributed by atoms with Crippen molar-refractivity contribution in [1.82, 2.24) is 0 Å². The topological polar surface area (TPSA) is 0 Å². The highest BCUT2D eigenvalue weighted by atomic mass is 14.4. The van der Waals surface area contributed by atoms with Gasteiger partial charge in [-0.05, 0) is 29.6 Å². The largest absolute Gasteiger partial charge is 0.0811 e. The number of allylic oxidation sites excluding steroid dienone is 2. The second-order valence-corrected chi connectivity index (χ2v) is 6.45. The van der Waals surface area contributed by atoms with Crippen LogP contribution in [-0.4, -0.2) is 0 Å². The molecule has 1 atom stereocenters. The Morgan fingerprint density at radius 1 is 1.08 bits per heavy atom. The van der Waals surface area contributed by atoms with Crippen molar-refractivity contribution >= 4 is 0 Å². The van der Waals surface area contributed by atoms with Crippen LogP contribution in [0.25, 0.3) is 0 Å². The SMILES string of the molecule is CC(C)(C)C1=CC(C(C)(C)C)CC1. The molecule has 0 aromatic heterocycles. The summed E-state index contributed by atoms with van der Waals surface area (Å²) in [6.07, 6.45) is 5.20. The lowest BCUT2D eigenvalue weighted by Crippen LogP contribution is -2.15. The van der Waals surface area contributed by atoms with E-state index in [1.807, 2.05) is 0 Å². The van der Waals surface area contributed by atoms with Crippen LogP contribution in [0.5, 0.6) is 0 Å². The first kappa shape index (κ1) is 10.8. The molecule has 0 fully saturated rings. The van der Waals surface area contributed by atoms with Gasteiger partial charge in [-0.15, -0.1) is 0 Å². The molecule has 1 rings (SSSR count). The Morgan fingerprint density at radius 2 is 1.62 bits per heavy atom. The molecular formula is C13H24. The quantitative estimate of drug-likeness (QED) is 0.484. The third-order valence-electron chi connectivity index (χ3n) is 3.20. The van der Waals surface area contributed by atoms with Gasteiger partial charge in [0.15, 0.2) is 0 Å². The van der Waals surface area contributed by atoms with Crippen LogP contribution >= 0.6 is 0 Å². The van der Waals surface area contributed by atoms with Gasteiger partial charge in [0.1, 0.15) is 0 Å². The van der Waals surface area contributed by atoms with Crippen molar-refractivity contribution in [3.8, 4) is 0 Å². The Kier molecular flexibility index (Phi) is 2.62. The molecule has 0 aliphatic heterocycles. The molecule has 0 aromatic carbocycles. The third-order valence-corrected chi connectivity index (χ3v) is 3.20. The second kappa shape index (κ2) is 3.15. The maximum atomic E-state index is 2.53. The van der Waals surface area contributed by atoms with Crippen molar-refractivity contribution in [1.29, 1.82) is 0 Å². The molecule has 1 aliphatic rings. The summed E-state index contributed by atoms with van der Waals surface area (Å²) in [5.74, 6) is 0.793. The lowest BCUT2D eigenvalue weighted by atomic mass is 9.80. The molecule has 0 spiro atoms. The van der Waals surface area contributed by atoms with E-state index in [0.717, 1.165) is 5.92 Å². The van der Waals surface area contributed by atoms with Crippen LogP contribution in [0.3, 0.4) is 0 Å². The van der Waals surface area contributed by atoms with Crippen LogP contribution in [0.2, 0.25) is 0 Å². The van der Waals surface area contributed by atoms with E-state index in [0.29, 0.717) is 10.8 Å². The summed E-state index contributed by atoms with van der Waals surface area (Å²) in [4.78, 5) is 0. The summed E-state index contributed by atoms with van der Waals surface area (Å²) >= 11 is 0. The second-order valence-electron chi connectivity index (χ2n) is 6.45. The van der Waals surface area contributed by atoms with Gasteiger partial charge in [0.05, 0.1) is 0 Å². The van der Waals surface area contributed by atoms with E-state index in [2.05, 4.69) is 47.6 Å². The summed E-state index contributed by atoms with van der Waals surface area (Å²) in [5.41, 5.74) is 2.50. The summed E-state index contributed by atoms with van der Waals surface area (Å²) in [6.45, 7) is 14.0. The van der Waals surface area contributed by atoms with Gasteiger partial charge in [-0.2, -0.15) is 0 Å². The first-order valence-corrected chi connectivity index (χ1v) is 5.42. The summed E-state index contributed by atoms with van der Waals surface area (Å²) in [7, 11) is 0. The monoisotopic (exact) mass is 180 g/mol. The van der Waals surface area contributed by atoms with Gasteiger partial charge in [0, 0.05) is 0 Å². The fourth-order valence-corrected chi connectivity index (χ4v) is 2.03. The molecule has 0 saturated heterocycles. The third kappa shape index (κ3) is 2.59. The van der Waals surface area contributed by atoms with Crippen LogP contribution in [0, 0.1) is 16.7 Å². The molecular weight excluding hydrogens is 156 g/mol. The Morgan fingerprint density at radius 3 is 1.85 bits per heavy atom. The first-order chi connectivity index (χ1) is 5.71. The van der Waals surface area contributed by atoms with Gasteiger partial charge in [-0.25, -0.2) is 0 Å². The van der Waals surface area contributed by atoms with E-state index >= 15 is 0 Å². The van der Waals surface area contributed by atoms with Crippen LogP contribution < -0.4 is 0 Å². The van der Waals surface area contributed by atoms with Crippen molar-refractivity contribution in [3.05, 3.63) is 11.6 Å². The predicted octanol–water partition coefficient (Wildman–Crippen LogP) is 4.42. The van der Waals surface area contributed by atoms with Crippen molar-refractivity contribution in [2.24, 2.45) is 16.7 Å². The Balaban J connectivity index is 2.76. The smallest absolute Gasteiger partial charge is 0.0173 e. The van der Waals surface area contributed by atoms with Gasteiger partial charge in [0.25, 0.3) is 0 Å². The zero-order chi connectivity index (χ0) is 10.3. The lowest BCUT2D eigenvalue weighted by Gasteiger charge is -2.25. The summed E-state index contributed by atoms with van der Waals surface area (Å²) in [5, 5.41) is 0. The predicted molar refractivity (Wildman–Crippen MR) is 59.7 cm³/mol. The van der Waals surface area contributed by atoms with Crippen molar-refractivity contribution < 1.29 is 0 Å². The summed E-state index contributed by atoms with van der Waals surface area (Å²) in [6, 6.07) is 0. The van der Waals surface area contributed by atoms with E-state index < -0.39 is 0 Å². The van der Waals surface area contributed by atoms with Gasteiger partial charge in [-0.1, -0.05) is 53.2 Å². The molecule has 0 heteroatoms. The molecule has 0 bridgehead atoms. The molecule has 76 valence electrons. The summed E-state index contributed by atoms with van der Waals surface area (Å²) < 4.78 is 0. The molecule has 0 N–H and O–H groups in total. The van der Waals surface area contributed by atoms with Gasteiger partial charge in [-0.3, -0.25) is 0 Å². The fourth-order valence-electron chi connectivity index (χ4n) is 2.03. The minimum atomic E-state index is 0.389. The lowest BCUT2D eigenvalue weighted by molar-refractivity contribution is 0.290. The van der Waals surface area contributed by atoms with Crippen molar-refractivity contribution in [2.45, 2.75) is 54.4 Å². The molecule has 0 heterocycles. The zero-order valence-corrected chi connectivity index (χ0v) is 10.1. The molecule has 0 saturated carbocycles. The highest BCUT2D eigenvalue weighted by molar-refractivity contribution is 5.18. The maximum Gasteiger partial charge on any atom is -0.0173 e. The molecule has 0 aromatic rings. The number of hydrogen-bond donors (Lipinski definition) is 0. The normalized spacial score (nSPS) is 24.8. The fraction of sp³-hybridized carbons (Fsp3) is 0.846. The van der Waals surface area contributed by atoms with E-state index in [9.17, 15) is 0 Å². The number of hydrogen-bond acceptors (Lipinski definition) is 0. The average molecular weight is 180 g/mol. The van der Waals surface area contributed by atoms with Crippen LogP contribution in [0.4, 0.5) is 0 Å². The van der Waals surface area contributed by atoms with Crippen LogP contribution in [0.15, 0.2) is 11.6 Å². The molecule has 1 aliphatic carbocycles. The number of rotatable bonds is 0. The van der Waals surface area contributed by atoms with Crippen LogP contribution in [0.1, 0.15) is 54.4 Å². The maximum absolute atomic E-state index is 2.53. The molecule has 13 heavy (non-hydrogen) atoms. The molecule has 1 unspecified atom stereocenters. The van der Waals surface area contributed by atoms with Gasteiger partial charge >= 0.3 is 0 Å². The van der Waals surface area contributed by atoms with Crippen LogP contribution in [-0.2, 0) is 0 Å². The van der Waals surface area contributed by atoms with Gasteiger partial charge < -0.3 is 0 Å². The Labute approximate surface area is 83.4 Å². The van der Waals surface area contributed by atoms with E-state index in [4.69, 9.17) is 0 Å². The molecule has 0 amide bonds. The van der Waals surface area contributed by atoms with Gasteiger partial charge in [0.2, 0.25) is 0 Å². The van der Waals surface area contributed by atoms with Crippen molar-refractivity contribution in [3.63, 3.8) is 0 Å². The Hall–Kier alpha value is -0.260.